The number of hydrogen-bond acceptors (Lipinski definition) is 2. The zero-order valence-corrected chi connectivity index (χ0v) is 12.7. The lowest BCUT2D eigenvalue weighted by atomic mass is 9.83. The molecule has 1 saturated heterocycles. The predicted molar refractivity (Wildman–Crippen MR) is 78.6 cm³/mol. The summed E-state index contributed by atoms with van der Waals surface area (Å²) in [5, 5.41) is 0. The molecule has 2 unspecified atom stereocenters. The topological polar surface area (TPSA) is 29.3 Å². The maximum Gasteiger partial charge on any atom is 0.0332 e. The summed E-state index contributed by atoms with van der Waals surface area (Å²) in [6, 6.07) is 0. The van der Waals surface area contributed by atoms with Crippen molar-refractivity contribution in [3.05, 3.63) is 0 Å². The number of nitrogens with zero attached hydrogens (tertiary/aromatic N) is 1. The number of rotatable bonds is 3. The van der Waals surface area contributed by atoms with Crippen LogP contribution in [0.2, 0.25) is 0 Å². The summed E-state index contributed by atoms with van der Waals surface area (Å²) in [5.74, 6) is 0.921. The standard InChI is InChI=1S/C16H32N2/c1-4-14-6-11-18(12-14)16(13-17)8-5-7-15(2,3)9-10-16/h14H,4-13,17H2,1-3H3. The largest absolute Gasteiger partial charge is 0.329 e. The smallest absolute Gasteiger partial charge is 0.0332 e. The van der Waals surface area contributed by atoms with Gasteiger partial charge in [-0.05, 0) is 50.0 Å². The molecule has 1 aliphatic carbocycles. The molecule has 0 aromatic carbocycles. The quantitative estimate of drug-likeness (QED) is 0.780. The van der Waals surface area contributed by atoms with Crippen LogP contribution in [0.4, 0.5) is 0 Å². The van der Waals surface area contributed by atoms with E-state index in [4.69, 9.17) is 5.73 Å². The van der Waals surface area contributed by atoms with Crippen molar-refractivity contribution in [1.29, 1.82) is 0 Å². The molecule has 106 valence electrons. The third kappa shape index (κ3) is 2.91. The molecule has 1 heterocycles. The Morgan fingerprint density at radius 3 is 2.56 bits per heavy atom. The zero-order valence-electron chi connectivity index (χ0n) is 12.7. The fourth-order valence-electron chi connectivity index (χ4n) is 3.96. The van der Waals surface area contributed by atoms with Crippen molar-refractivity contribution < 1.29 is 0 Å². The molecule has 2 fully saturated rings. The van der Waals surface area contributed by atoms with E-state index in [1.165, 1.54) is 58.0 Å². The third-order valence-corrected chi connectivity index (χ3v) is 5.68. The van der Waals surface area contributed by atoms with Crippen molar-refractivity contribution in [2.45, 2.75) is 71.3 Å². The Balaban J connectivity index is 2.06. The Morgan fingerprint density at radius 2 is 1.94 bits per heavy atom. The molecule has 0 amide bonds. The summed E-state index contributed by atoms with van der Waals surface area (Å²) in [7, 11) is 0. The van der Waals surface area contributed by atoms with Gasteiger partial charge in [0, 0.05) is 18.6 Å². The van der Waals surface area contributed by atoms with Gasteiger partial charge in [0.2, 0.25) is 0 Å². The molecule has 0 spiro atoms. The molecular weight excluding hydrogens is 220 g/mol. The number of nitrogens with two attached hydrogens (primary N) is 1. The lowest BCUT2D eigenvalue weighted by Gasteiger charge is -2.41. The summed E-state index contributed by atoms with van der Waals surface area (Å²) in [4.78, 5) is 2.75. The van der Waals surface area contributed by atoms with Crippen molar-refractivity contribution in [2.24, 2.45) is 17.1 Å². The van der Waals surface area contributed by atoms with E-state index in [-0.39, 0.29) is 0 Å². The van der Waals surface area contributed by atoms with Crippen molar-refractivity contribution in [3.63, 3.8) is 0 Å². The van der Waals surface area contributed by atoms with Crippen LogP contribution in [0.25, 0.3) is 0 Å². The zero-order chi connectivity index (χ0) is 13.2. The maximum absolute atomic E-state index is 6.22. The van der Waals surface area contributed by atoms with Crippen LogP contribution in [0, 0.1) is 11.3 Å². The second kappa shape index (κ2) is 5.50. The first kappa shape index (κ1) is 14.3. The number of hydrogen-bond donors (Lipinski definition) is 1. The van der Waals surface area contributed by atoms with Crippen molar-refractivity contribution in [3.8, 4) is 0 Å². The van der Waals surface area contributed by atoms with Gasteiger partial charge in [-0.2, -0.15) is 0 Å². The fraction of sp³-hybridized carbons (Fsp3) is 1.00. The summed E-state index contributed by atoms with van der Waals surface area (Å²) >= 11 is 0. The van der Waals surface area contributed by atoms with Crippen LogP contribution in [0.15, 0.2) is 0 Å². The SMILES string of the molecule is CCC1CCN(C2(CN)CCCC(C)(C)CC2)C1. The van der Waals surface area contributed by atoms with Crippen LogP contribution in [0.1, 0.15) is 65.7 Å². The van der Waals surface area contributed by atoms with Crippen LogP contribution in [-0.2, 0) is 0 Å². The third-order valence-electron chi connectivity index (χ3n) is 5.68. The first-order chi connectivity index (χ1) is 8.51. The van der Waals surface area contributed by atoms with E-state index in [2.05, 4.69) is 25.7 Å². The van der Waals surface area contributed by atoms with E-state index in [9.17, 15) is 0 Å². The highest BCUT2D eigenvalue weighted by Gasteiger charge is 2.41. The van der Waals surface area contributed by atoms with E-state index in [1.54, 1.807) is 0 Å². The minimum atomic E-state index is 0.331. The lowest BCUT2D eigenvalue weighted by molar-refractivity contribution is 0.0971. The van der Waals surface area contributed by atoms with Gasteiger partial charge in [-0.3, -0.25) is 4.90 Å². The second-order valence-electron chi connectivity index (χ2n) is 7.46. The average molecular weight is 252 g/mol. The lowest BCUT2D eigenvalue weighted by Crippen LogP contribution is -2.52. The summed E-state index contributed by atoms with van der Waals surface area (Å²) in [5.41, 5.74) is 7.08. The van der Waals surface area contributed by atoms with Crippen molar-refractivity contribution in [2.75, 3.05) is 19.6 Å². The first-order valence-electron chi connectivity index (χ1n) is 7.96. The van der Waals surface area contributed by atoms with Gasteiger partial charge in [-0.1, -0.05) is 33.6 Å². The summed E-state index contributed by atoms with van der Waals surface area (Å²) in [6.07, 6.45) is 9.44. The van der Waals surface area contributed by atoms with E-state index in [0.717, 1.165) is 12.5 Å². The Morgan fingerprint density at radius 1 is 1.17 bits per heavy atom. The molecule has 0 radical (unpaired) electrons. The highest BCUT2D eigenvalue weighted by atomic mass is 15.2. The monoisotopic (exact) mass is 252 g/mol. The van der Waals surface area contributed by atoms with Gasteiger partial charge in [0.1, 0.15) is 0 Å². The van der Waals surface area contributed by atoms with Crippen molar-refractivity contribution >= 4 is 0 Å². The molecule has 0 aromatic rings. The molecule has 18 heavy (non-hydrogen) atoms. The summed E-state index contributed by atoms with van der Waals surface area (Å²) < 4.78 is 0. The molecule has 2 nitrogen and oxygen atoms in total. The predicted octanol–water partition coefficient (Wildman–Crippen LogP) is 3.41. The fourth-order valence-corrected chi connectivity index (χ4v) is 3.96. The molecule has 2 N–H and O–H groups in total. The molecule has 2 heteroatoms. The van der Waals surface area contributed by atoms with E-state index < -0.39 is 0 Å². The van der Waals surface area contributed by atoms with E-state index in [0.29, 0.717) is 11.0 Å². The van der Waals surface area contributed by atoms with Gasteiger partial charge in [0.25, 0.3) is 0 Å². The molecule has 2 aliphatic rings. The molecule has 2 rings (SSSR count). The minimum Gasteiger partial charge on any atom is -0.329 e. The molecule has 1 saturated carbocycles. The summed E-state index contributed by atoms with van der Waals surface area (Å²) in [6.45, 7) is 10.6. The molecule has 1 aliphatic heterocycles. The maximum atomic E-state index is 6.22. The Kier molecular flexibility index (Phi) is 4.38. The Labute approximate surface area is 113 Å². The van der Waals surface area contributed by atoms with E-state index >= 15 is 0 Å². The van der Waals surface area contributed by atoms with Crippen LogP contribution >= 0.6 is 0 Å². The molecule has 2 atom stereocenters. The van der Waals surface area contributed by atoms with Gasteiger partial charge in [-0.25, -0.2) is 0 Å². The molecule has 0 bridgehead atoms. The first-order valence-corrected chi connectivity index (χ1v) is 7.96. The Bertz CT molecular complexity index is 274. The van der Waals surface area contributed by atoms with Gasteiger partial charge >= 0.3 is 0 Å². The van der Waals surface area contributed by atoms with Gasteiger partial charge in [-0.15, -0.1) is 0 Å². The Hall–Kier alpha value is -0.0800. The normalized spacial score (nSPS) is 37.7. The second-order valence-corrected chi connectivity index (χ2v) is 7.46. The van der Waals surface area contributed by atoms with Crippen LogP contribution in [0.3, 0.4) is 0 Å². The number of likely N-dealkylation sites (tertiary alicyclic amines) is 1. The van der Waals surface area contributed by atoms with Crippen molar-refractivity contribution in [1.82, 2.24) is 4.90 Å². The molecular formula is C16H32N2. The highest BCUT2D eigenvalue weighted by Crippen LogP contribution is 2.42. The van der Waals surface area contributed by atoms with E-state index in [1.807, 2.05) is 0 Å². The van der Waals surface area contributed by atoms with Gasteiger partial charge < -0.3 is 5.73 Å². The van der Waals surface area contributed by atoms with Gasteiger partial charge in [0.05, 0.1) is 0 Å². The van der Waals surface area contributed by atoms with Crippen LogP contribution in [-0.4, -0.2) is 30.1 Å². The van der Waals surface area contributed by atoms with Gasteiger partial charge in [0.15, 0.2) is 0 Å². The van der Waals surface area contributed by atoms with Crippen LogP contribution in [0.5, 0.6) is 0 Å². The highest BCUT2D eigenvalue weighted by molar-refractivity contribution is 4.98. The van der Waals surface area contributed by atoms with Crippen LogP contribution < -0.4 is 5.73 Å². The minimum absolute atomic E-state index is 0.331. The molecule has 0 aromatic heterocycles. The average Bonchev–Trinajstić information content (AvgIpc) is 2.77.